The van der Waals surface area contributed by atoms with E-state index in [9.17, 15) is 13.6 Å². The van der Waals surface area contributed by atoms with Gasteiger partial charge >= 0.3 is 6.61 Å². The van der Waals surface area contributed by atoms with Gasteiger partial charge in [-0.25, -0.2) is 0 Å². The molecule has 1 aromatic carbocycles. The average molecular weight is 298 g/mol. The summed E-state index contributed by atoms with van der Waals surface area (Å²) >= 11 is 0. The Morgan fingerprint density at radius 2 is 1.86 bits per heavy atom. The summed E-state index contributed by atoms with van der Waals surface area (Å²) in [6, 6.07) is 6.48. The molecule has 0 heterocycles. The highest BCUT2D eigenvalue weighted by atomic mass is 19.3. The van der Waals surface area contributed by atoms with Crippen LogP contribution in [-0.2, 0) is 0 Å². The fourth-order valence-corrected chi connectivity index (χ4v) is 2.92. The minimum absolute atomic E-state index is 0.0432. The Kier molecular flexibility index (Phi) is 5.67. The summed E-state index contributed by atoms with van der Waals surface area (Å²) in [4.78, 5) is 13.5. The summed E-state index contributed by atoms with van der Waals surface area (Å²) < 4.78 is 28.4. The zero-order chi connectivity index (χ0) is 15.2. The van der Waals surface area contributed by atoms with E-state index in [0.717, 1.165) is 0 Å². The van der Waals surface area contributed by atoms with E-state index in [0.29, 0.717) is 18.2 Å². The lowest BCUT2D eigenvalue weighted by Crippen LogP contribution is -3.14. The highest BCUT2D eigenvalue weighted by Crippen LogP contribution is 2.16. The fourth-order valence-electron chi connectivity index (χ4n) is 2.92. The zero-order valence-electron chi connectivity index (χ0n) is 12.3. The molecule has 1 N–H and O–H groups in total. The molecule has 1 aliphatic carbocycles. The lowest BCUT2D eigenvalue weighted by molar-refractivity contribution is -0.898. The molecule has 0 spiro atoms. The van der Waals surface area contributed by atoms with Crippen molar-refractivity contribution in [1.29, 1.82) is 0 Å². The normalized spacial score (nSPS) is 17.7. The molecule has 3 nitrogen and oxygen atoms in total. The first kappa shape index (κ1) is 15.9. The van der Waals surface area contributed by atoms with Gasteiger partial charge in [0, 0.05) is 5.56 Å². The van der Waals surface area contributed by atoms with Gasteiger partial charge in [0.2, 0.25) is 5.78 Å². The van der Waals surface area contributed by atoms with Crippen LogP contribution >= 0.6 is 0 Å². The number of ether oxygens (including phenoxy) is 1. The van der Waals surface area contributed by atoms with E-state index in [1.165, 1.54) is 49.1 Å². The first-order chi connectivity index (χ1) is 10.1. The number of nitrogens with one attached hydrogen (secondary N) is 1. The van der Waals surface area contributed by atoms with Crippen LogP contribution in [0.5, 0.6) is 5.75 Å². The number of rotatable bonds is 6. The summed E-state index contributed by atoms with van der Waals surface area (Å²) in [6.07, 6.45) is 6.15. The molecule has 0 saturated heterocycles. The third-order valence-electron chi connectivity index (χ3n) is 4.14. The quantitative estimate of drug-likeness (QED) is 0.817. The molecule has 2 rings (SSSR count). The number of halogens is 2. The molecule has 1 saturated carbocycles. The first-order valence-corrected chi connectivity index (χ1v) is 7.46. The Morgan fingerprint density at radius 1 is 1.24 bits per heavy atom. The molecule has 0 radical (unpaired) electrons. The van der Waals surface area contributed by atoms with Crippen molar-refractivity contribution in [3.63, 3.8) is 0 Å². The van der Waals surface area contributed by atoms with Crippen molar-refractivity contribution in [2.75, 3.05) is 13.6 Å². The second-order valence-corrected chi connectivity index (χ2v) is 5.68. The largest absolute Gasteiger partial charge is 0.435 e. The number of quaternary nitrogens is 1. The number of carbonyl (C=O) groups is 1. The van der Waals surface area contributed by atoms with E-state index in [1.807, 2.05) is 0 Å². The third-order valence-corrected chi connectivity index (χ3v) is 4.14. The van der Waals surface area contributed by atoms with Crippen LogP contribution in [0.25, 0.3) is 0 Å². The van der Waals surface area contributed by atoms with E-state index in [1.54, 1.807) is 12.1 Å². The second kappa shape index (κ2) is 7.50. The van der Waals surface area contributed by atoms with Crippen molar-refractivity contribution >= 4 is 5.78 Å². The predicted octanol–water partition coefficient (Wildman–Crippen LogP) is 2.32. The Labute approximate surface area is 123 Å². The van der Waals surface area contributed by atoms with Crippen molar-refractivity contribution < 1.29 is 23.2 Å². The van der Waals surface area contributed by atoms with Gasteiger partial charge in [0.1, 0.15) is 12.3 Å². The molecule has 1 atom stereocenters. The van der Waals surface area contributed by atoms with Crippen LogP contribution in [0, 0.1) is 0 Å². The Balaban J connectivity index is 1.90. The third kappa shape index (κ3) is 4.77. The van der Waals surface area contributed by atoms with E-state index >= 15 is 0 Å². The molecule has 0 aromatic heterocycles. The van der Waals surface area contributed by atoms with Gasteiger partial charge in [-0.15, -0.1) is 0 Å². The minimum atomic E-state index is -2.84. The summed E-state index contributed by atoms with van der Waals surface area (Å²) in [5.74, 6) is 0.121. The molecule has 21 heavy (non-hydrogen) atoms. The number of carbonyl (C=O) groups excluding carboxylic acids is 1. The molecule has 1 fully saturated rings. The smallest absolute Gasteiger partial charge is 0.387 e. The molecule has 5 heteroatoms. The first-order valence-electron chi connectivity index (χ1n) is 7.46. The molecular formula is C16H22F2NO2+. The van der Waals surface area contributed by atoms with E-state index in [4.69, 9.17) is 0 Å². The molecule has 1 aliphatic rings. The Morgan fingerprint density at radius 3 is 2.43 bits per heavy atom. The van der Waals surface area contributed by atoms with Gasteiger partial charge in [-0.2, -0.15) is 8.78 Å². The maximum Gasteiger partial charge on any atom is 0.387 e. The van der Waals surface area contributed by atoms with E-state index in [2.05, 4.69) is 11.8 Å². The zero-order valence-corrected chi connectivity index (χ0v) is 12.3. The molecule has 1 unspecified atom stereocenters. The molecule has 0 bridgehead atoms. The number of Topliss-reactive ketones (excluding diaryl/α,β-unsaturated/α-hetero) is 1. The van der Waals surface area contributed by atoms with Gasteiger partial charge in [-0.1, -0.05) is 6.42 Å². The molecule has 116 valence electrons. The molecule has 0 aliphatic heterocycles. The number of benzene rings is 1. The number of alkyl halides is 2. The average Bonchev–Trinajstić information content (AvgIpc) is 2.48. The minimum Gasteiger partial charge on any atom is -0.435 e. The van der Waals surface area contributed by atoms with Crippen LogP contribution < -0.4 is 9.64 Å². The van der Waals surface area contributed by atoms with Gasteiger partial charge in [0.05, 0.1) is 13.1 Å². The van der Waals surface area contributed by atoms with Gasteiger partial charge in [-0.05, 0) is 49.9 Å². The van der Waals surface area contributed by atoms with Gasteiger partial charge < -0.3 is 9.64 Å². The number of hydrogen-bond donors (Lipinski definition) is 1. The van der Waals surface area contributed by atoms with Crippen LogP contribution in [0.2, 0.25) is 0 Å². The SMILES string of the molecule is C[NH+](CC(=O)c1ccc(OC(F)F)cc1)C1CCCCC1. The maximum absolute atomic E-state index is 12.2. The summed E-state index contributed by atoms with van der Waals surface area (Å²) in [5.41, 5.74) is 0.548. The van der Waals surface area contributed by atoms with Gasteiger partial charge in [0.25, 0.3) is 0 Å². The monoisotopic (exact) mass is 298 g/mol. The molecule has 0 amide bonds. The highest BCUT2D eigenvalue weighted by Gasteiger charge is 2.23. The molecule has 1 aromatic rings. The van der Waals surface area contributed by atoms with Crippen molar-refractivity contribution in [2.45, 2.75) is 44.8 Å². The van der Waals surface area contributed by atoms with Gasteiger partial charge in [-0.3, -0.25) is 4.79 Å². The number of ketones is 1. The van der Waals surface area contributed by atoms with Crippen LogP contribution in [0.3, 0.4) is 0 Å². The maximum atomic E-state index is 12.2. The Hall–Kier alpha value is -1.49. The van der Waals surface area contributed by atoms with Crippen molar-refractivity contribution in [2.24, 2.45) is 0 Å². The second-order valence-electron chi connectivity index (χ2n) is 5.68. The van der Waals surface area contributed by atoms with Crippen LogP contribution in [0.1, 0.15) is 42.5 Å². The van der Waals surface area contributed by atoms with Crippen molar-refractivity contribution in [3.05, 3.63) is 29.8 Å². The lowest BCUT2D eigenvalue weighted by Gasteiger charge is -2.27. The topological polar surface area (TPSA) is 30.7 Å². The summed E-state index contributed by atoms with van der Waals surface area (Å²) in [7, 11) is 2.06. The lowest BCUT2D eigenvalue weighted by atomic mass is 9.94. The predicted molar refractivity (Wildman–Crippen MR) is 76.0 cm³/mol. The highest BCUT2D eigenvalue weighted by molar-refractivity contribution is 5.96. The van der Waals surface area contributed by atoms with Crippen molar-refractivity contribution in [3.8, 4) is 5.75 Å². The van der Waals surface area contributed by atoms with Gasteiger partial charge in [0.15, 0.2) is 0 Å². The van der Waals surface area contributed by atoms with Crippen LogP contribution in [-0.4, -0.2) is 32.0 Å². The summed E-state index contributed by atoms with van der Waals surface area (Å²) in [5, 5.41) is 0. The van der Waals surface area contributed by atoms with E-state index < -0.39 is 6.61 Å². The Bertz CT molecular complexity index is 456. The summed E-state index contributed by atoms with van der Waals surface area (Å²) in [6.45, 7) is -2.40. The standard InChI is InChI=1S/C16H21F2NO2/c1-19(13-5-3-2-4-6-13)11-15(20)12-7-9-14(10-8-12)21-16(17)18/h7-10,13,16H,2-6,11H2,1H3/p+1. The van der Waals surface area contributed by atoms with Crippen LogP contribution in [0.4, 0.5) is 8.78 Å². The number of hydrogen-bond acceptors (Lipinski definition) is 2. The fraction of sp³-hybridized carbons (Fsp3) is 0.562. The van der Waals surface area contributed by atoms with Crippen molar-refractivity contribution in [1.82, 2.24) is 0 Å². The van der Waals surface area contributed by atoms with Crippen LogP contribution in [0.15, 0.2) is 24.3 Å². The van der Waals surface area contributed by atoms with E-state index in [-0.39, 0.29) is 11.5 Å². The number of likely N-dealkylation sites (N-methyl/N-ethyl adjacent to an activating group) is 1. The molecular weight excluding hydrogens is 276 g/mol.